The molecule has 102 valence electrons. The average molecular weight is 316 g/mol. The first-order valence-corrected chi connectivity index (χ1v) is 7.52. The first-order valence-electron chi connectivity index (χ1n) is 6.61. The lowest BCUT2D eigenvalue weighted by molar-refractivity contribution is 0.0943. The van der Waals surface area contributed by atoms with Gasteiger partial charge in [0.15, 0.2) is 0 Å². The summed E-state index contributed by atoms with van der Waals surface area (Å²) in [5.41, 5.74) is 1.62. The minimum absolute atomic E-state index is 0.0374. The number of aromatic nitrogens is 2. The van der Waals surface area contributed by atoms with Crippen LogP contribution in [0.4, 0.5) is 0 Å². The Kier molecular flexibility index (Phi) is 6.39. The van der Waals surface area contributed by atoms with E-state index in [1.54, 1.807) is 4.68 Å². The molecule has 18 heavy (non-hydrogen) atoms. The molecule has 0 fully saturated rings. The number of halogens is 1. The molecule has 1 N–H and O–H groups in total. The van der Waals surface area contributed by atoms with Crippen molar-refractivity contribution < 1.29 is 4.79 Å². The minimum Gasteiger partial charge on any atom is -0.350 e. The Morgan fingerprint density at radius 3 is 2.78 bits per heavy atom. The van der Waals surface area contributed by atoms with Gasteiger partial charge in [-0.15, -0.1) is 0 Å². The van der Waals surface area contributed by atoms with Crippen LogP contribution in [0.1, 0.15) is 49.8 Å². The van der Waals surface area contributed by atoms with Crippen LogP contribution in [0.15, 0.2) is 6.07 Å². The van der Waals surface area contributed by atoms with Crippen molar-refractivity contribution in [1.82, 2.24) is 15.1 Å². The third kappa shape index (κ3) is 4.12. The highest BCUT2D eigenvalue weighted by Gasteiger charge is 2.14. The van der Waals surface area contributed by atoms with E-state index in [0.29, 0.717) is 17.1 Å². The quantitative estimate of drug-likeness (QED) is 0.786. The second kappa shape index (κ2) is 7.56. The van der Waals surface area contributed by atoms with E-state index in [9.17, 15) is 4.79 Å². The number of hydrogen-bond acceptors (Lipinski definition) is 2. The van der Waals surface area contributed by atoms with Crippen molar-refractivity contribution in [2.24, 2.45) is 0 Å². The normalized spacial score (nSPS) is 12.4. The summed E-state index contributed by atoms with van der Waals surface area (Å²) < 4.78 is 1.76. The molecule has 0 aromatic carbocycles. The van der Waals surface area contributed by atoms with Gasteiger partial charge in [-0.3, -0.25) is 9.48 Å². The molecule has 0 bridgehead atoms. The Bertz CT molecular complexity index is 390. The van der Waals surface area contributed by atoms with E-state index in [4.69, 9.17) is 0 Å². The molecular formula is C13H22BrN3O. The van der Waals surface area contributed by atoms with E-state index >= 15 is 0 Å². The van der Waals surface area contributed by atoms with Gasteiger partial charge in [-0.25, -0.2) is 0 Å². The van der Waals surface area contributed by atoms with E-state index in [1.165, 1.54) is 0 Å². The number of amides is 1. The van der Waals surface area contributed by atoms with Crippen LogP contribution in [0.5, 0.6) is 0 Å². The van der Waals surface area contributed by atoms with Crippen molar-refractivity contribution in [3.05, 3.63) is 17.5 Å². The molecule has 1 aromatic heterocycles. The molecular weight excluding hydrogens is 294 g/mol. The summed E-state index contributed by atoms with van der Waals surface area (Å²) in [7, 11) is 0. The molecule has 5 heteroatoms. The standard InChI is InChI=1S/C13H22BrN3O/c1-4-7-10(14)9-15-13(18)12-8-11(5-2)16-17(12)6-3/h8,10H,4-7,9H2,1-3H3,(H,15,18). The number of aryl methyl sites for hydroxylation is 2. The van der Waals surface area contributed by atoms with E-state index in [-0.39, 0.29) is 5.91 Å². The van der Waals surface area contributed by atoms with Crippen molar-refractivity contribution in [2.75, 3.05) is 6.54 Å². The maximum Gasteiger partial charge on any atom is 0.269 e. The van der Waals surface area contributed by atoms with Gasteiger partial charge < -0.3 is 5.32 Å². The Morgan fingerprint density at radius 2 is 2.22 bits per heavy atom. The average Bonchev–Trinajstić information content (AvgIpc) is 2.79. The molecule has 4 nitrogen and oxygen atoms in total. The van der Waals surface area contributed by atoms with Crippen LogP contribution in [0.3, 0.4) is 0 Å². The number of carbonyl (C=O) groups is 1. The second-order valence-corrected chi connectivity index (χ2v) is 5.58. The highest BCUT2D eigenvalue weighted by Crippen LogP contribution is 2.08. The molecule has 0 saturated carbocycles. The van der Waals surface area contributed by atoms with E-state index < -0.39 is 0 Å². The maximum atomic E-state index is 12.1. The summed E-state index contributed by atoms with van der Waals surface area (Å²) in [6.07, 6.45) is 3.02. The van der Waals surface area contributed by atoms with Crippen LogP contribution < -0.4 is 5.32 Å². The lowest BCUT2D eigenvalue weighted by Crippen LogP contribution is -2.31. The molecule has 0 saturated heterocycles. The maximum absolute atomic E-state index is 12.1. The zero-order valence-electron chi connectivity index (χ0n) is 11.4. The number of hydrogen-bond donors (Lipinski definition) is 1. The Balaban J connectivity index is 2.63. The van der Waals surface area contributed by atoms with Gasteiger partial charge in [0.2, 0.25) is 0 Å². The smallest absolute Gasteiger partial charge is 0.269 e. The van der Waals surface area contributed by atoms with Gasteiger partial charge in [0.05, 0.1) is 5.69 Å². The second-order valence-electron chi connectivity index (χ2n) is 4.29. The van der Waals surface area contributed by atoms with Gasteiger partial charge in [-0.2, -0.15) is 5.10 Å². The van der Waals surface area contributed by atoms with E-state index in [2.05, 4.69) is 33.3 Å². The largest absolute Gasteiger partial charge is 0.350 e. The summed E-state index contributed by atoms with van der Waals surface area (Å²) in [4.78, 5) is 12.4. The third-order valence-corrected chi connectivity index (χ3v) is 3.59. The van der Waals surface area contributed by atoms with E-state index in [1.807, 2.05) is 19.9 Å². The monoisotopic (exact) mass is 315 g/mol. The number of nitrogens with one attached hydrogen (secondary N) is 1. The first-order chi connectivity index (χ1) is 8.62. The number of nitrogens with zero attached hydrogens (tertiary/aromatic N) is 2. The summed E-state index contributed by atoms with van der Waals surface area (Å²) in [5.74, 6) is -0.0374. The zero-order chi connectivity index (χ0) is 13.5. The Hall–Kier alpha value is -0.840. The molecule has 1 unspecified atom stereocenters. The summed E-state index contributed by atoms with van der Waals surface area (Å²) >= 11 is 3.56. The molecule has 1 rings (SSSR count). The van der Waals surface area contributed by atoms with Gasteiger partial charge in [-0.1, -0.05) is 36.2 Å². The molecule has 0 aliphatic rings. The van der Waals surface area contributed by atoms with Crippen molar-refractivity contribution in [2.45, 2.75) is 51.4 Å². The summed E-state index contributed by atoms with van der Waals surface area (Å²) in [6.45, 7) is 7.54. The highest BCUT2D eigenvalue weighted by molar-refractivity contribution is 9.09. The number of carbonyl (C=O) groups excluding carboxylic acids is 1. The fourth-order valence-electron chi connectivity index (χ4n) is 1.78. The molecule has 0 spiro atoms. The zero-order valence-corrected chi connectivity index (χ0v) is 13.0. The van der Waals surface area contributed by atoms with E-state index in [0.717, 1.165) is 31.5 Å². The first kappa shape index (κ1) is 15.2. The van der Waals surface area contributed by atoms with Gasteiger partial charge in [-0.05, 0) is 25.8 Å². The van der Waals surface area contributed by atoms with Crippen LogP contribution in [-0.2, 0) is 13.0 Å². The Morgan fingerprint density at radius 1 is 1.50 bits per heavy atom. The van der Waals surface area contributed by atoms with Crippen molar-refractivity contribution in [1.29, 1.82) is 0 Å². The van der Waals surface area contributed by atoms with Crippen LogP contribution in [0.2, 0.25) is 0 Å². The topological polar surface area (TPSA) is 46.9 Å². The molecule has 1 atom stereocenters. The fraction of sp³-hybridized carbons (Fsp3) is 0.692. The van der Waals surface area contributed by atoms with Crippen LogP contribution in [0.25, 0.3) is 0 Å². The lowest BCUT2D eigenvalue weighted by Gasteiger charge is -2.10. The van der Waals surface area contributed by atoms with Crippen molar-refractivity contribution in [3.8, 4) is 0 Å². The molecule has 0 radical (unpaired) electrons. The van der Waals surface area contributed by atoms with Crippen molar-refractivity contribution in [3.63, 3.8) is 0 Å². The molecule has 0 aliphatic heterocycles. The molecule has 1 amide bonds. The molecule has 1 aromatic rings. The summed E-state index contributed by atoms with van der Waals surface area (Å²) in [5, 5.41) is 7.32. The third-order valence-electron chi connectivity index (χ3n) is 2.81. The predicted molar refractivity (Wildman–Crippen MR) is 77.2 cm³/mol. The molecule has 1 heterocycles. The minimum atomic E-state index is -0.0374. The predicted octanol–water partition coefficient (Wildman–Crippen LogP) is 2.76. The van der Waals surface area contributed by atoms with Gasteiger partial charge >= 0.3 is 0 Å². The van der Waals surface area contributed by atoms with Gasteiger partial charge in [0, 0.05) is 17.9 Å². The number of rotatable bonds is 7. The Labute approximate surface area is 117 Å². The van der Waals surface area contributed by atoms with Crippen LogP contribution in [-0.4, -0.2) is 27.1 Å². The van der Waals surface area contributed by atoms with Gasteiger partial charge in [0.25, 0.3) is 5.91 Å². The lowest BCUT2D eigenvalue weighted by atomic mass is 10.2. The molecule has 0 aliphatic carbocycles. The highest BCUT2D eigenvalue weighted by atomic mass is 79.9. The van der Waals surface area contributed by atoms with Crippen LogP contribution in [0, 0.1) is 0 Å². The van der Waals surface area contributed by atoms with Crippen molar-refractivity contribution >= 4 is 21.8 Å². The van der Waals surface area contributed by atoms with Crippen LogP contribution >= 0.6 is 15.9 Å². The summed E-state index contributed by atoms with van der Waals surface area (Å²) in [6, 6.07) is 1.88. The fourth-order valence-corrected chi connectivity index (χ4v) is 2.40. The van der Waals surface area contributed by atoms with Gasteiger partial charge in [0.1, 0.15) is 5.69 Å². The number of alkyl halides is 1. The SMILES string of the molecule is CCCC(Br)CNC(=O)c1cc(CC)nn1CC.